The fraction of sp³-hybridized carbons (Fsp3) is 0.500. The summed E-state index contributed by atoms with van der Waals surface area (Å²) in [4.78, 5) is 22.6. The first-order valence-electron chi connectivity index (χ1n) is 13.2. The molecule has 190 valence electrons. The van der Waals surface area contributed by atoms with E-state index in [9.17, 15) is 4.79 Å². The Kier molecular flexibility index (Phi) is 6.17. The zero-order valence-corrected chi connectivity index (χ0v) is 22.6. The number of rotatable bonds is 4. The van der Waals surface area contributed by atoms with Crippen LogP contribution >= 0.6 is 0 Å². The number of carbonyl (C=O) groups is 1. The van der Waals surface area contributed by atoms with Crippen molar-refractivity contribution in [3.8, 4) is 0 Å². The van der Waals surface area contributed by atoms with Crippen LogP contribution in [0.1, 0.15) is 70.0 Å². The second kappa shape index (κ2) is 9.06. The third kappa shape index (κ3) is 4.21. The van der Waals surface area contributed by atoms with Crippen LogP contribution in [0.2, 0.25) is 0 Å². The molecule has 3 heterocycles. The van der Waals surface area contributed by atoms with E-state index >= 15 is 0 Å². The molecular weight excluding hydrogens is 446 g/mol. The summed E-state index contributed by atoms with van der Waals surface area (Å²) in [6.45, 7) is 15.9. The Hall–Kier alpha value is -3.15. The van der Waals surface area contributed by atoms with Crippen molar-refractivity contribution in [2.24, 2.45) is 17.3 Å². The summed E-state index contributed by atoms with van der Waals surface area (Å²) in [6, 6.07) is 10.8. The second-order valence-corrected chi connectivity index (χ2v) is 11.8. The van der Waals surface area contributed by atoms with E-state index < -0.39 is 0 Å². The van der Waals surface area contributed by atoms with Crippen LogP contribution in [0.25, 0.3) is 5.65 Å². The van der Waals surface area contributed by atoms with E-state index in [0.29, 0.717) is 0 Å². The van der Waals surface area contributed by atoms with Gasteiger partial charge in [-0.05, 0) is 61.6 Å². The van der Waals surface area contributed by atoms with Crippen LogP contribution in [0.15, 0.2) is 48.7 Å². The van der Waals surface area contributed by atoms with Crippen molar-refractivity contribution in [2.75, 3.05) is 18.5 Å². The molecule has 2 aliphatic rings. The van der Waals surface area contributed by atoms with E-state index in [1.807, 2.05) is 35.6 Å². The first-order chi connectivity index (χ1) is 17.1. The van der Waals surface area contributed by atoms with Gasteiger partial charge in [-0.1, -0.05) is 52.0 Å². The lowest BCUT2D eigenvalue weighted by Gasteiger charge is -2.40. The SMILES string of the molecule is C=C1CCC(C(=O)N(C)[C@@H](c2ccc(N3CCCc4c3cnc3cc(C)nn43)cc2)C(C)(C)C)C1C. The molecule has 1 aliphatic carbocycles. The number of nitrogens with zero attached hydrogens (tertiary/aromatic N) is 5. The monoisotopic (exact) mass is 485 g/mol. The number of benzene rings is 1. The van der Waals surface area contributed by atoms with Crippen LogP contribution in [-0.4, -0.2) is 39.0 Å². The average molecular weight is 486 g/mol. The molecular formula is C30H39N5O. The maximum Gasteiger partial charge on any atom is 0.226 e. The van der Waals surface area contributed by atoms with Gasteiger partial charge in [0.2, 0.25) is 5.91 Å². The Balaban J connectivity index is 1.44. The number of hydrogen-bond donors (Lipinski definition) is 0. The van der Waals surface area contributed by atoms with Gasteiger partial charge in [0.15, 0.2) is 5.65 Å². The molecule has 3 atom stereocenters. The number of anilines is 2. The minimum Gasteiger partial charge on any atom is -0.339 e. The third-order valence-corrected chi connectivity index (χ3v) is 8.19. The summed E-state index contributed by atoms with van der Waals surface area (Å²) >= 11 is 0. The van der Waals surface area contributed by atoms with Gasteiger partial charge in [0.05, 0.1) is 29.3 Å². The highest BCUT2D eigenvalue weighted by molar-refractivity contribution is 5.80. The predicted octanol–water partition coefficient (Wildman–Crippen LogP) is 6.27. The number of aromatic nitrogens is 3. The molecule has 3 aromatic rings. The van der Waals surface area contributed by atoms with Crippen LogP contribution in [0, 0.1) is 24.2 Å². The molecule has 1 aromatic carbocycles. The highest BCUT2D eigenvalue weighted by atomic mass is 16.2. The molecule has 0 radical (unpaired) electrons. The van der Waals surface area contributed by atoms with Crippen molar-refractivity contribution in [3.63, 3.8) is 0 Å². The summed E-state index contributed by atoms with van der Waals surface area (Å²) in [7, 11) is 1.98. The zero-order valence-electron chi connectivity index (χ0n) is 22.6. The van der Waals surface area contributed by atoms with Gasteiger partial charge in [-0.15, -0.1) is 0 Å². The number of amides is 1. The fourth-order valence-electron chi connectivity index (χ4n) is 6.31. The van der Waals surface area contributed by atoms with Gasteiger partial charge in [0.1, 0.15) is 0 Å². The molecule has 1 amide bonds. The van der Waals surface area contributed by atoms with Gasteiger partial charge >= 0.3 is 0 Å². The number of allylic oxidation sites excluding steroid dienone is 1. The first-order valence-corrected chi connectivity index (χ1v) is 13.2. The van der Waals surface area contributed by atoms with Crippen LogP contribution in [0.5, 0.6) is 0 Å². The third-order valence-electron chi connectivity index (χ3n) is 8.19. The van der Waals surface area contributed by atoms with Gasteiger partial charge in [-0.2, -0.15) is 5.10 Å². The maximum absolute atomic E-state index is 13.6. The van der Waals surface area contributed by atoms with E-state index in [0.717, 1.165) is 54.9 Å². The zero-order chi connectivity index (χ0) is 25.8. The smallest absolute Gasteiger partial charge is 0.226 e. The van der Waals surface area contributed by atoms with Gasteiger partial charge in [0, 0.05) is 31.3 Å². The Morgan fingerprint density at radius 1 is 1.19 bits per heavy atom. The minimum absolute atomic E-state index is 0.0119. The molecule has 1 aliphatic heterocycles. The molecule has 5 rings (SSSR count). The lowest BCUT2D eigenvalue weighted by Crippen LogP contribution is -2.42. The van der Waals surface area contributed by atoms with Crippen molar-refractivity contribution < 1.29 is 4.79 Å². The normalized spacial score (nSPS) is 21.1. The molecule has 1 fully saturated rings. The van der Waals surface area contributed by atoms with Crippen molar-refractivity contribution in [1.29, 1.82) is 0 Å². The van der Waals surface area contributed by atoms with E-state index in [1.165, 1.54) is 16.8 Å². The highest BCUT2D eigenvalue weighted by Gasteiger charge is 2.39. The number of aryl methyl sites for hydroxylation is 2. The molecule has 1 saturated carbocycles. The highest BCUT2D eigenvalue weighted by Crippen LogP contribution is 2.42. The Morgan fingerprint density at radius 2 is 1.92 bits per heavy atom. The fourth-order valence-corrected chi connectivity index (χ4v) is 6.31. The van der Waals surface area contributed by atoms with Gasteiger partial charge in [-0.25, -0.2) is 9.50 Å². The maximum atomic E-state index is 13.6. The molecule has 0 N–H and O–H groups in total. The molecule has 6 heteroatoms. The van der Waals surface area contributed by atoms with Crippen LogP contribution in [0.4, 0.5) is 11.4 Å². The van der Waals surface area contributed by atoms with Gasteiger partial charge in [0.25, 0.3) is 0 Å². The first kappa shape index (κ1) is 24.5. The summed E-state index contributed by atoms with van der Waals surface area (Å²) in [5.41, 5.74) is 7.65. The van der Waals surface area contributed by atoms with Crippen LogP contribution in [0.3, 0.4) is 0 Å². The number of hydrogen-bond acceptors (Lipinski definition) is 4. The topological polar surface area (TPSA) is 53.7 Å². The Bertz CT molecular complexity index is 1300. The predicted molar refractivity (Wildman–Crippen MR) is 145 cm³/mol. The number of carbonyl (C=O) groups excluding carboxylic acids is 1. The summed E-state index contributed by atoms with van der Waals surface area (Å²) in [5, 5.41) is 4.68. The Morgan fingerprint density at radius 3 is 2.56 bits per heavy atom. The van der Waals surface area contributed by atoms with Crippen molar-refractivity contribution >= 4 is 22.9 Å². The standard InChI is InChI=1S/C30H39N5O/c1-19-10-15-24(21(19)3)29(36)33(7)28(30(4,5)6)22-11-13-23(14-12-22)34-16-8-9-25-26(34)18-31-27-17-20(2)32-35(25)27/h11-14,17-18,21,24,28H,1,8-10,15-16H2,2-7H3/t21?,24?,28-/m0/s1. The molecule has 6 nitrogen and oxygen atoms in total. The summed E-state index contributed by atoms with van der Waals surface area (Å²) in [5.74, 6) is 0.521. The second-order valence-electron chi connectivity index (χ2n) is 11.8. The quantitative estimate of drug-likeness (QED) is 0.409. The van der Waals surface area contributed by atoms with Gasteiger partial charge < -0.3 is 9.80 Å². The molecule has 0 saturated heterocycles. The minimum atomic E-state index is -0.101. The molecule has 2 unspecified atom stereocenters. The molecule has 36 heavy (non-hydrogen) atoms. The average Bonchev–Trinajstić information content (AvgIpc) is 3.39. The van der Waals surface area contributed by atoms with Crippen molar-refractivity contribution in [1.82, 2.24) is 19.5 Å². The van der Waals surface area contributed by atoms with Crippen LogP contribution in [-0.2, 0) is 11.2 Å². The van der Waals surface area contributed by atoms with E-state index in [1.54, 1.807) is 0 Å². The Labute approximate surface area is 215 Å². The van der Waals surface area contributed by atoms with E-state index in [-0.39, 0.29) is 29.2 Å². The summed E-state index contributed by atoms with van der Waals surface area (Å²) < 4.78 is 2.00. The van der Waals surface area contributed by atoms with Gasteiger partial charge in [-0.3, -0.25) is 4.79 Å². The lowest BCUT2D eigenvalue weighted by atomic mass is 9.80. The number of fused-ring (bicyclic) bond motifs is 3. The summed E-state index contributed by atoms with van der Waals surface area (Å²) in [6.07, 6.45) is 5.91. The van der Waals surface area contributed by atoms with Crippen molar-refractivity contribution in [2.45, 2.75) is 66.3 Å². The molecule has 0 bridgehead atoms. The molecule has 2 aromatic heterocycles. The molecule has 0 spiro atoms. The van der Waals surface area contributed by atoms with E-state index in [4.69, 9.17) is 0 Å². The van der Waals surface area contributed by atoms with Crippen LogP contribution < -0.4 is 4.90 Å². The lowest BCUT2D eigenvalue weighted by molar-refractivity contribution is -0.139. The largest absolute Gasteiger partial charge is 0.339 e. The van der Waals surface area contributed by atoms with Crippen molar-refractivity contribution in [3.05, 3.63) is 65.6 Å². The van der Waals surface area contributed by atoms with E-state index in [2.05, 4.69) is 73.5 Å².